The molecule has 0 aromatic rings. The van der Waals surface area contributed by atoms with Gasteiger partial charge in [-0.2, -0.15) is 0 Å². The number of amides is 2. The van der Waals surface area contributed by atoms with E-state index >= 15 is 0 Å². The molecule has 1 N–H and O–H groups in total. The summed E-state index contributed by atoms with van der Waals surface area (Å²) in [5, 5.41) is 2.50. The lowest BCUT2D eigenvalue weighted by molar-refractivity contribution is -0.131. The van der Waals surface area contributed by atoms with Gasteiger partial charge in [-0.25, -0.2) is 0 Å². The number of hydrogen-bond acceptors (Lipinski definition) is 2. The van der Waals surface area contributed by atoms with Gasteiger partial charge in [0.05, 0.1) is 5.92 Å². The third kappa shape index (κ3) is 1.40. The van der Waals surface area contributed by atoms with E-state index in [9.17, 15) is 9.59 Å². The van der Waals surface area contributed by atoms with Gasteiger partial charge in [0.15, 0.2) is 0 Å². The number of carbonyl (C=O) groups excluding carboxylic acids is 2. The van der Waals surface area contributed by atoms with Crippen molar-refractivity contribution in [2.45, 2.75) is 38.5 Å². The van der Waals surface area contributed by atoms with Crippen molar-refractivity contribution in [2.24, 2.45) is 35.5 Å². The highest BCUT2D eigenvalue weighted by molar-refractivity contribution is 6.03. The normalized spacial score (nSPS) is 52.0. The van der Waals surface area contributed by atoms with Crippen LogP contribution in [-0.2, 0) is 9.59 Å². The van der Waals surface area contributed by atoms with Crippen molar-refractivity contribution in [1.82, 2.24) is 5.32 Å². The second-order valence-electron chi connectivity index (χ2n) is 6.73. The highest BCUT2D eigenvalue weighted by atomic mass is 16.2. The van der Waals surface area contributed by atoms with Gasteiger partial charge in [-0.1, -0.05) is 0 Å². The largest absolute Gasteiger partial charge is 0.296 e. The Balaban J connectivity index is 1.62. The minimum atomic E-state index is -0.0474. The van der Waals surface area contributed by atoms with Crippen LogP contribution in [0.3, 0.4) is 0 Å². The summed E-state index contributed by atoms with van der Waals surface area (Å²) in [6.45, 7) is 0. The van der Waals surface area contributed by atoms with Crippen molar-refractivity contribution in [3.05, 3.63) is 0 Å². The summed E-state index contributed by atoms with van der Waals surface area (Å²) < 4.78 is 0. The summed E-state index contributed by atoms with van der Waals surface area (Å²) in [4.78, 5) is 23.2. The van der Waals surface area contributed by atoms with E-state index in [1.807, 2.05) is 0 Å². The summed E-state index contributed by atoms with van der Waals surface area (Å²) in [5.74, 6) is 3.87. The molecule has 3 nitrogen and oxygen atoms in total. The molecule has 1 aliphatic heterocycles. The Kier molecular flexibility index (Phi) is 1.98. The molecule has 4 aliphatic carbocycles. The predicted molar refractivity (Wildman–Crippen MR) is 61.8 cm³/mol. The van der Waals surface area contributed by atoms with Crippen LogP contribution in [0.5, 0.6) is 0 Å². The van der Waals surface area contributed by atoms with E-state index in [1.165, 1.54) is 32.1 Å². The molecule has 1 atom stereocenters. The minimum absolute atomic E-state index is 0.0116. The van der Waals surface area contributed by atoms with Gasteiger partial charge in [0.2, 0.25) is 11.8 Å². The number of imide groups is 1. The summed E-state index contributed by atoms with van der Waals surface area (Å²) in [7, 11) is 0. The van der Waals surface area contributed by atoms with Crippen LogP contribution in [0, 0.1) is 35.5 Å². The van der Waals surface area contributed by atoms with Crippen LogP contribution >= 0.6 is 0 Å². The topological polar surface area (TPSA) is 46.2 Å². The van der Waals surface area contributed by atoms with E-state index < -0.39 is 0 Å². The van der Waals surface area contributed by atoms with Gasteiger partial charge < -0.3 is 0 Å². The number of nitrogens with one attached hydrogen (secondary N) is 1. The molecule has 92 valence electrons. The van der Waals surface area contributed by atoms with E-state index in [4.69, 9.17) is 0 Å². The van der Waals surface area contributed by atoms with Crippen LogP contribution in [0.4, 0.5) is 0 Å². The van der Waals surface area contributed by atoms with Gasteiger partial charge in [0, 0.05) is 6.42 Å². The van der Waals surface area contributed by atoms with Crippen molar-refractivity contribution >= 4 is 11.8 Å². The Hall–Kier alpha value is -0.860. The first kappa shape index (κ1) is 10.1. The van der Waals surface area contributed by atoms with E-state index in [0.29, 0.717) is 12.3 Å². The molecule has 0 aromatic heterocycles. The fourth-order valence-electron chi connectivity index (χ4n) is 5.51. The minimum Gasteiger partial charge on any atom is -0.296 e. The molecule has 5 rings (SSSR count). The van der Waals surface area contributed by atoms with Gasteiger partial charge in [-0.05, 0) is 61.7 Å². The molecule has 0 aromatic carbocycles. The maximum atomic E-state index is 11.9. The SMILES string of the molecule is O=C1CC(C2C3CC4CC(C3)CC2C4)C(=O)N1. The van der Waals surface area contributed by atoms with Crippen molar-refractivity contribution in [3.63, 3.8) is 0 Å². The van der Waals surface area contributed by atoms with Gasteiger partial charge in [-0.3, -0.25) is 14.9 Å². The van der Waals surface area contributed by atoms with Crippen LogP contribution < -0.4 is 5.32 Å². The van der Waals surface area contributed by atoms with Gasteiger partial charge in [0.25, 0.3) is 0 Å². The molecular formula is C14H19NO2. The zero-order valence-corrected chi connectivity index (χ0v) is 10.0. The van der Waals surface area contributed by atoms with Crippen molar-refractivity contribution in [2.75, 3.05) is 0 Å². The molecule has 0 radical (unpaired) electrons. The molecule has 5 fully saturated rings. The van der Waals surface area contributed by atoms with E-state index in [-0.39, 0.29) is 17.7 Å². The first-order valence-corrected chi connectivity index (χ1v) is 7.04. The molecule has 1 saturated heterocycles. The molecule has 3 heteroatoms. The number of rotatable bonds is 1. The number of carbonyl (C=O) groups is 2. The van der Waals surface area contributed by atoms with Crippen LogP contribution in [-0.4, -0.2) is 11.8 Å². The number of hydrogen-bond donors (Lipinski definition) is 1. The Morgan fingerprint density at radius 2 is 1.47 bits per heavy atom. The maximum absolute atomic E-state index is 11.9. The molecule has 4 bridgehead atoms. The fraction of sp³-hybridized carbons (Fsp3) is 0.857. The lowest BCUT2D eigenvalue weighted by Crippen LogP contribution is -2.48. The van der Waals surface area contributed by atoms with E-state index in [0.717, 1.165) is 23.7 Å². The van der Waals surface area contributed by atoms with Crippen LogP contribution in [0.1, 0.15) is 38.5 Å². The summed E-state index contributed by atoms with van der Waals surface area (Å²) in [6.07, 6.45) is 7.22. The molecule has 2 amide bonds. The Labute approximate surface area is 101 Å². The standard InChI is InChI=1S/C14H19NO2/c16-12-6-11(14(17)15-12)13-9-2-7-1-8(4-9)5-10(13)3-7/h7-11,13H,1-6H2,(H,15,16,17). The molecule has 5 aliphatic rings. The van der Waals surface area contributed by atoms with Crippen molar-refractivity contribution in [3.8, 4) is 0 Å². The summed E-state index contributed by atoms with van der Waals surface area (Å²) in [5.41, 5.74) is 0. The second-order valence-corrected chi connectivity index (χ2v) is 6.73. The fourth-order valence-corrected chi connectivity index (χ4v) is 5.51. The highest BCUT2D eigenvalue weighted by Gasteiger charge is 2.53. The highest BCUT2D eigenvalue weighted by Crippen LogP contribution is 2.59. The van der Waals surface area contributed by atoms with Gasteiger partial charge >= 0.3 is 0 Å². The third-order valence-electron chi connectivity index (χ3n) is 5.77. The lowest BCUT2D eigenvalue weighted by Gasteiger charge is -2.55. The molecule has 17 heavy (non-hydrogen) atoms. The quantitative estimate of drug-likeness (QED) is 0.701. The average molecular weight is 233 g/mol. The predicted octanol–water partition coefficient (Wildman–Crippen LogP) is 1.72. The van der Waals surface area contributed by atoms with Crippen molar-refractivity contribution < 1.29 is 9.59 Å². The van der Waals surface area contributed by atoms with Crippen LogP contribution in [0.15, 0.2) is 0 Å². The summed E-state index contributed by atoms with van der Waals surface area (Å²) >= 11 is 0. The molecule has 1 unspecified atom stereocenters. The zero-order chi connectivity index (χ0) is 11.6. The molecular weight excluding hydrogens is 214 g/mol. The lowest BCUT2D eigenvalue weighted by atomic mass is 9.49. The smallest absolute Gasteiger partial charge is 0.230 e. The van der Waals surface area contributed by atoms with Gasteiger partial charge in [-0.15, -0.1) is 0 Å². The van der Waals surface area contributed by atoms with E-state index in [1.54, 1.807) is 0 Å². The monoisotopic (exact) mass is 233 g/mol. The zero-order valence-electron chi connectivity index (χ0n) is 10.0. The summed E-state index contributed by atoms with van der Waals surface area (Å²) in [6, 6.07) is 0. The molecule has 0 spiro atoms. The first-order valence-electron chi connectivity index (χ1n) is 7.04. The molecule has 4 saturated carbocycles. The third-order valence-corrected chi connectivity index (χ3v) is 5.77. The average Bonchev–Trinajstić information content (AvgIpc) is 2.56. The molecule has 1 heterocycles. The van der Waals surface area contributed by atoms with Crippen LogP contribution in [0.2, 0.25) is 0 Å². The van der Waals surface area contributed by atoms with Gasteiger partial charge in [0.1, 0.15) is 0 Å². The Bertz CT molecular complexity index is 362. The van der Waals surface area contributed by atoms with E-state index in [2.05, 4.69) is 5.32 Å². The first-order chi connectivity index (χ1) is 8.20. The second kappa shape index (κ2) is 3.33. The Morgan fingerprint density at radius 1 is 0.882 bits per heavy atom. The Morgan fingerprint density at radius 3 is 1.94 bits per heavy atom. The van der Waals surface area contributed by atoms with Crippen molar-refractivity contribution in [1.29, 1.82) is 0 Å². The maximum Gasteiger partial charge on any atom is 0.230 e. The van der Waals surface area contributed by atoms with Crippen LogP contribution in [0.25, 0.3) is 0 Å².